The van der Waals surface area contributed by atoms with Crippen molar-refractivity contribution < 1.29 is 22.5 Å². The first-order valence-electron chi connectivity index (χ1n) is 7.58. The fraction of sp³-hybridized carbons (Fsp3) is 0.353. The maximum Gasteiger partial charge on any atom is 0.313 e. The van der Waals surface area contributed by atoms with Crippen molar-refractivity contribution in [2.45, 2.75) is 31.9 Å². The van der Waals surface area contributed by atoms with E-state index in [0.29, 0.717) is 9.94 Å². The lowest BCUT2D eigenvalue weighted by atomic mass is 10.2. The Bertz CT molecular complexity index is 784. The van der Waals surface area contributed by atoms with Gasteiger partial charge in [-0.05, 0) is 45.0 Å². The molecule has 0 fully saturated rings. The summed E-state index contributed by atoms with van der Waals surface area (Å²) in [5.74, 6) is -1.80. The highest BCUT2D eigenvalue weighted by Crippen LogP contribution is 2.34. The highest BCUT2D eigenvalue weighted by Gasteiger charge is 2.19. The van der Waals surface area contributed by atoms with E-state index in [-0.39, 0.29) is 18.5 Å². The number of hydrogen-bond donors (Lipinski definition) is 1. The third-order valence-corrected chi connectivity index (χ3v) is 5.69. The van der Waals surface area contributed by atoms with Crippen LogP contribution >= 0.6 is 11.3 Å². The van der Waals surface area contributed by atoms with Crippen LogP contribution in [0, 0.1) is 11.6 Å². The zero-order chi connectivity index (χ0) is 18.6. The quantitative estimate of drug-likeness (QED) is 0.761. The maximum absolute atomic E-state index is 13.8. The van der Waals surface area contributed by atoms with Gasteiger partial charge in [0.15, 0.2) is 5.06 Å². The average Bonchev–Trinajstić information content (AvgIpc) is 2.94. The van der Waals surface area contributed by atoms with E-state index in [1.165, 1.54) is 12.1 Å². The number of rotatable bonds is 6. The summed E-state index contributed by atoms with van der Waals surface area (Å²) in [5.41, 5.74) is 0.246. The predicted octanol–water partition coefficient (Wildman–Crippen LogP) is 4.04. The number of thiophene rings is 1. The second-order valence-corrected chi connectivity index (χ2v) is 9.34. The van der Waals surface area contributed by atoms with Crippen LogP contribution in [0.3, 0.4) is 0 Å². The first kappa shape index (κ1) is 19.7. The number of esters is 1. The summed E-state index contributed by atoms with van der Waals surface area (Å²) in [6, 6.07) is 6.48. The van der Waals surface area contributed by atoms with E-state index in [0.717, 1.165) is 17.4 Å². The number of ether oxygens (including phenoxy) is 1. The second kappa shape index (κ2) is 8.16. The Morgan fingerprint density at radius 2 is 1.96 bits per heavy atom. The van der Waals surface area contributed by atoms with E-state index in [1.54, 1.807) is 12.1 Å². The summed E-state index contributed by atoms with van der Waals surface area (Å²) in [5, 5.41) is 0.320. The summed E-state index contributed by atoms with van der Waals surface area (Å²) in [6.45, 7) is 5.72. The minimum Gasteiger partial charge on any atom is -0.415 e. The van der Waals surface area contributed by atoms with E-state index in [1.807, 2.05) is 20.8 Å². The van der Waals surface area contributed by atoms with E-state index >= 15 is 0 Å². The van der Waals surface area contributed by atoms with Gasteiger partial charge in [0.25, 0.3) is 0 Å². The highest BCUT2D eigenvalue weighted by atomic mass is 32.2. The molecule has 25 heavy (non-hydrogen) atoms. The smallest absolute Gasteiger partial charge is 0.313 e. The number of halogens is 2. The van der Waals surface area contributed by atoms with Gasteiger partial charge in [-0.1, -0.05) is 11.3 Å². The van der Waals surface area contributed by atoms with Gasteiger partial charge in [-0.2, -0.15) is 0 Å². The molecule has 0 radical (unpaired) electrons. The fourth-order valence-corrected chi connectivity index (χ4v) is 3.45. The Hall–Kier alpha value is -1.64. The monoisotopic (exact) mass is 387 g/mol. The van der Waals surface area contributed by atoms with Gasteiger partial charge in [0, 0.05) is 23.1 Å². The van der Waals surface area contributed by atoms with Crippen molar-refractivity contribution in [3.05, 3.63) is 42.0 Å². The normalized spacial score (nSPS) is 12.8. The van der Waals surface area contributed by atoms with E-state index < -0.39 is 33.3 Å². The molecule has 0 aliphatic heterocycles. The summed E-state index contributed by atoms with van der Waals surface area (Å²) in [6.07, 6.45) is 0.0555. The maximum atomic E-state index is 13.8. The Labute approximate surface area is 151 Å². The molecule has 8 heteroatoms. The van der Waals surface area contributed by atoms with Gasteiger partial charge in [-0.3, -0.25) is 4.79 Å². The van der Waals surface area contributed by atoms with Crippen molar-refractivity contribution in [2.75, 3.05) is 6.54 Å². The van der Waals surface area contributed by atoms with Crippen LogP contribution in [0.15, 0.2) is 30.3 Å². The number of nitrogens with one attached hydrogen (secondary N) is 1. The molecule has 1 atom stereocenters. The first-order chi connectivity index (χ1) is 11.7. The lowest BCUT2D eigenvalue weighted by Crippen LogP contribution is -2.34. The molecular formula is C17H19F2NO3S2. The van der Waals surface area contributed by atoms with Crippen LogP contribution < -0.4 is 9.46 Å². The highest BCUT2D eigenvalue weighted by molar-refractivity contribution is 7.84. The van der Waals surface area contributed by atoms with Gasteiger partial charge in [0.2, 0.25) is 0 Å². The Morgan fingerprint density at radius 1 is 1.24 bits per heavy atom. The van der Waals surface area contributed by atoms with Crippen LogP contribution in [-0.2, 0) is 15.8 Å². The molecule has 0 amide bonds. The topological polar surface area (TPSA) is 55.4 Å². The minimum absolute atomic E-state index is 0.0555. The molecular weight excluding hydrogens is 368 g/mol. The van der Waals surface area contributed by atoms with Gasteiger partial charge in [0.1, 0.15) is 11.6 Å². The molecule has 136 valence electrons. The van der Waals surface area contributed by atoms with E-state index in [4.69, 9.17) is 4.74 Å². The molecule has 0 bridgehead atoms. The van der Waals surface area contributed by atoms with Crippen molar-refractivity contribution in [2.24, 2.45) is 0 Å². The molecule has 0 aliphatic carbocycles. The molecule has 0 spiro atoms. The van der Waals surface area contributed by atoms with Gasteiger partial charge in [-0.15, -0.1) is 0 Å². The molecule has 0 saturated carbocycles. The predicted molar refractivity (Wildman–Crippen MR) is 95.8 cm³/mol. The molecule has 2 rings (SSSR count). The van der Waals surface area contributed by atoms with Crippen LogP contribution in [0.5, 0.6) is 5.06 Å². The van der Waals surface area contributed by atoms with Crippen LogP contribution in [0.25, 0.3) is 10.4 Å². The number of carbonyl (C=O) groups is 1. The van der Waals surface area contributed by atoms with Gasteiger partial charge in [0.05, 0.1) is 22.2 Å². The van der Waals surface area contributed by atoms with E-state index in [9.17, 15) is 17.8 Å². The molecule has 1 N–H and O–H groups in total. The summed E-state index contributed by atoms with van der Waals surface area (Å²) in [7, 11) is -1.25. The third kappa shape index (κ3) is 5.69. The Balaban J connectivity index is 1.90. The van der Waals surface area contributed by atoms with E-state index in [2.05, 4.69) is 4.72 Å². The number of benzene rings is 1. The van der Waals surface area contributed by atoms with Crippen LogP contribution in [-0.4, -0.2) is 21.5 Å². The Kier molecular flexibility index (Phi) is 6.42. The lowest BCUT2D eigenvalue weighted by Gasteiger charge is -2.17. The lowest BCUT2D eigenvalue weighted by molar-refractivity contribution is -0.133. The minimum atomic E-state index is -1.25. The van der Waals surface area contributed by atoms with Crippen LogP contribution in [0.1, 0.15) is 27.2 Å². The standard InChI is InChI=1S/C17H19F2NO3S2/c1-17(2,3)25(22)20-9-8-15(21)23-16-7-6-14(24-16)12-5-4-11(18)10-13(12)19/h4-7,10,20H,8-9H2,1-3H3. The summed E-state index contributed by atoms with van der Waals surface area (Å²) >= 11 is 1.09. The molecule has 2 aromatic rings. The number of hydrogen-bond acceptors (Lipinski definition) is 4. The molecule has 1 aromatic heterocycles. The molecule has 4 nitrogen and oxygen atoms in total. The van der Waals surface area contributed by atoms with Crippen molar-refractivity contribution in [1.82, 2.24) is 4.72 Å². The third-order valence-electron chi connectivity index (χ3n) is 3.11. The summed E-state index contributed by atoms with van der Waals surface area (Å²) in [4.78, 5) is 12.4. The average molecular weight is 387 g/mol. The van der Waals surface area contributed by atoms with Crippen molar-refractivity contribution >= 4 is 28.3 Å². The molecule has 1 heterocycles. The molecule has 0 aliphatic rings. The number of carbonyl (C=O) groups excluding carboxylic acids is 1. The molecule has 1 unspecified atom stereocenters. The van der Waals surface area contributed by atoms with Gasteiger partial charge >= 0.3 is 5.97 Å². The fourth-order valence-electron chi connectivity index (χ4n) is 1.83. The molecule has 0 saturated heterocycles. The van der Waals surface area contributed by atoms with Gasteiger partial charge in [-0.25, -0.2) is 17.7 Å². The van der Waals surface area contributed by atoms with Crippen molar-refractivity contribution in [1.29, 1.82) is 0 Å². The zero-order valence-corrected chi connectivity index (χ0v) is 15.7. The van der Waals surface area contributed by atoms with Crippen LogP contribution in [0.4, 0.5) is 8.78 Å². The first-order valence-corrected chi connectivity index (χ1v) is 9.55. The largest absolute Gasteiger partial charge is 0.415 e. The van der Waals surface area contributed by atoms with Crippen molar-refractivity contribution in [3.8, 4) is 15.5 Å². The van der Waals surface area contributed by atoms with Crippen LogP contribution in [0.2, 0.25) is 0 Å². The SMILES string of the molecule is CC(C)(C)S(=O)NCCC(=O)Oc1ccc(-c2ccc(F)cc2F)s1. The molecule has 1 aromatic carbocycles. The van der Waals surface area contributed by atoms with Crippen molar-refractivity contribution in [3.63, 3.8) is 0 Å². The second-order valence-electron chi connectivity index (χ2n) is 6.24. The summed E-state index contributed by atoms with van der Waals surface area (Å²) < 4.78 is 46.1. The zero-order valence-electron chi connectivity index (χ0n) is 14.1. The van der Waals surface area contributed by atoms with Gasteiger partial charge < -0.3 is 4.74 Å². The Morgan fingerprint density at radius 3 is 2.60 bits per heavy atom.